The molecule has 1 N–H and O–H groups in total. The van der Waals surface area contributed by atoms with Gasteiger partial charge in [-0.1, -0.05) is 36.7 Å². The number of aryl methyl sites for hydroxylation is 1. The predicted octanol–water partition coefficient (Wildman–Crippen LogP) is 3.22. The molecule has 15 heavy (non-hydrogen) atoms. The van der Waals surface area contributed by atoms with Gasteiger partial charge in [0.25, 0.3) is 0 Å². The third-order valence-corrected chi connectivity index (χ3v) is 2.71. The molecular weight excluding hydrogens is 213 g/mol. The Kier molecular flexibility index (Phi) is 5.66. The molecule has 1 nitrogen and oxygen atoms in total. The molecule has 0 saturated carbocycles. The van der Waals surface area contributed by atoms with Gasteiger partial charge >= 0.3 is 0 Å². The minimum Gasteiger partial charge on any atom is -0.314 e. The molecule has 1 aromatic carbocycles. The molecule has 1 aliphatic heterocycles. The van der Waals surface area contributed by atoms with Crippen molar-refractivity contribution in [3.8, 4) is 0 Å². The van der Waals surface area contributed by atoms with Crippen molar-refractivity contribution in [1.29, 1.82) is 0 Å². The zero-order valence-electron chi connectivity index (χ0n) is 8.97. The van der Waals surface area contributed by atoms with Crippen molar-refractivity contribution in [2.75, 3.05) is 13.1 Å². The highest BCUT2D eigenvalue weighted by atomic mass is 35.5. The van der Waals surface area contributed by atoms with Crippen LogP contribution in [0.1, 0.15) is 18.9 Å². The lowest BCUT2D eigenvalue weighted by atomic mass is 10.2. The molecule has 84 valence electrons. The minimum atomic E-state index is -0.565. The van der Waals surface area contributed by atoms with E-state index in [1.165, 1.54) is 5.56 Å². The molecule has 0 amide bonds. The third-order valence-electron chi connectivity index (χ3n) is 2.34. The molecule has 1 fully saturated rings. The van der Waals surface area contributed by atoms with E-state index in [-0.39, 0.29) is 0 Å². The lowest BCUT2D eigenvalue weighted by molar-refractivity contribution is 0.361. The fraction of sp³-hybridized carbons (Fsp3) is 0.500. The Balaban J connectivity index is 0.000000162. The average Bonchev–Trinajstić information content (AvgIpc) is 2.71. The first-order chi connectivity index (χ1) is 7.24. The quantitative estimate of drug-likeness (QED) is 0.780. The molecule has 1 saturated heterocycles. The van der Waals surface area contributed by atoms with Crippen LogP contribution in [0.4, 0.5) is 4.39 Å². The zero-order valence-corrected chi connectivity index (χ0v) is 9.73. The number of rotatable bonds is 1. The van der Waals surface area contributed by atoms with Crippen LogP contribution in [0, 0.1) is 0 Å². The summed E-state index contributed by atoms with van der Waals surface area (Å²) in [7, 11) is 0. The van der Waals surface area contributed by atoms with Gasteiger partial charge in [0.05, 0.1) is 0 Å². The zero-order chi connectivity index (χ0) is 11.1. The van der Waals surface area contributed by atoms with Gasteiger partial charge in [-0.2, -0.15) is 0 Å². The van der Waals surface area contributed by atoms with Crippen LogP contribution in [0.15, 0.2) is 24.3 Å². The van der Waals surface area contributed by atoms with Crippen LogP contribution in [0.5, 0.6) is 0 Å². The molecule has 0 spiro atoms. The first kappa shape index (κ1) is 12.5. The van der Waals surface area contributed by atoms with Crippen molar-refractivity contribution < 1.29 is 4.39 Å². The summed E-state index contributed by atoms with van der Waals surface area (Å²) in [6.45, 7) is 3.53. The van der Waals surface area contributed by atoms with Gasteiger partial charge in [0.15, 0.2) is 0 Å². The Labute approximate surface area is 95.6 Å². The Bertz CT molecular complexity index is 285. The normalized spacial score (nSPS) is 19.5. The topological polar surface area (TPSA) is 12.0 Å². The summed E-state index contributed by atoms with van der Waals surface area (Å²) in [5.41, 5.74) is 1.22. The van der Waals surface area contributed by atoms with Crippen molar-refractivity contribution in [1.82, 2.24) is 5.32 Å². The highest BCUT2D eigenvalue weighted by molar-refractivity contribution is 6.31. The molecule has 0 radical (unpaired) electrons. The van der Waals surface area contributed by atoms with Crippen LogP contribution in [0.25, 0.3) is 0 Å². The van der Waals surface area contributed by atoms with E-state index < -0.39 is 6.17 Å². The highest BCUT2D eigenvalue weighted by Gasteiger charge is 2.10. The summed E-state index contributed by atoms with van der Waals surface area (Å²) in [4.78, 5) is 0. The second-order valence-corrected chi connectivity index (χ2v) is 3.94. The molecule has 3 heteroatoms. The molecule has 1 unspecified atom stereocenters. The maximum absolute atomic E-state index is 11.9. The van der Waals surface area contributed by atoms with Gasteiger partial charge in [-0.25, -0.2) is 4.39 Å². The van der Waals surface area contributed by atoms with Gasteiger partial charge in [0.2, 0.25) is 0 Å². The molecular formula is C12H17ClFN. The monoisotopic (exact) mass is 229 g/mol. The maximum Gasteiger partial charge on any atom is 0.114 e. The Morgan fingerprint density at radius 3 is 2.53 bits per heavy atom. The van der Waals surface area contributed by atoms with Gasteiger partial charge in [-0.3, -0.25) is 0 Å². The van der Waals surface area contributed by atoms with Crippen molar-refractivity contribution in [2.45, 2.75) is 25.9 Å². The smallest absolute Gasteiger partial charge is 0.114 e. The van der Waals surface area contributed by atoms with Crippen molar-refractivity contribution in [3.05, 3.63) is 34.9 Å². The van der Waals surface area contributed by atoms with Crippen LogP contribution < -0.4 is 5.32 Å². The van der Waals surface area contributed by atoms with E-state index in [0.717, 1.165) is 18.0 Å². The van der Waals surface area contributed by atoms with Gasteiger partial charge < -0.3 is 5.32 Å². The molecule has 1 atom stereocenters. The predicted molar refractivity (Wildman–Crippen MR) is 63.2 cm³/mol. The Morgan fingerprint density at radius 2 is 2.20 bits per heavy atom. The van der Waals surface area contributed by atoms with E-state index in [1.54, 1.807) is 0 Å². The van der Waals surface area contributed by atoms with Crippen LogP contribution in [0.3, 0.4) is 0 Å². The van der Waals surface area contributed by atoms with E-state index in [0.29, 0.717) is 13.0 Å². The lowest BCUT2D eigenvalue weighted by Crippen LogP contribution is -2.08. The van der Waals surface area contributed by atoms with E-state index >= 15 is 0 Å². The van der Waals surface area contributed by atoms with E-state index in [2.05, 4.69) is 12.2 Å². The standard InChI is InChI=1S/C8H9Cl.C4H8FN/c1-2-7-5-3-4-6-8(7)9;5-4-1-2-6-3-4/h3-6H,2H2,1H3;4,6H,1-3H2. The number of hydrogen-bond acceptors (Lipinski definition) is 1. The largest absolute Gasteiger partial charge is 0.314 e. The first-order valence-corrected chi connectivity index (χ1v) is 5.70. The average molecular weight is 230 g/mol. The molecule has 0 bridgehead atoms. The van der Waals surface area contributed by atoms with Crippen LogP contribution >= 0.6 is 11.6 Å². The summed E-state index contributed by atoms with van der Waals surface area (Å²) in [6.07, 6.45) is 1.16. The van der Waals surface area contributed by atoms with Gasteiger partial charge in [-0.15, -0.1) is 0 Å². The summed E-state index contributed by atoms with van der Waals surface area (Å²) < 4.78 is 11.9. The highest BCUT2D eigenvalue weighted by Crippen LogP contribution is 2.14. The molecule has 1 aliphatic rings. The molecule has 0 aromatic heterocycles. The van der Waals surface area contributed by atoms with Crippen molar-refractivity contribution in [3.63, 3.8) is 0 Å². The van der Waals surface area contributed by atoms with Crippen molar-refractivity contribution in [2.24, 2.45) is 0 Å². The molecule has 1 heterocycles. The number of hydrogen-bond donors (Lipinski definition) is 1. The summed E-state index contributed by atoms with van der Waals surface area (Å²) in [6, 6.07) is 7.91. The van der Waals surface area contributed by atoms with Crippen LogP contribution in [-0.2, 0) is 6.42 Å². The molecule has 2 rings (SSSR count). The fourth-order valence-electron chi connectivity index (χ4n) is 1.40. The lowest BCUT2D eigenvalue weighted by Gasteiger charge is -1.96. The van der Waals surface area contributed by atoms with E-state index in [4.69, 9.17) is 11.6 Å². The number of alkyl halides is 1. The van der Waals surface area contributed by atoms with Crippen LogP contribution in [0.2, 0.25) is 5.02 Å². The number of halogens is 2. The van der Waals surface area contributed by atoms with Gasteiger partial charge in [-0.05, 0) is 31.0 Å². The summed E-state index contributed by atoms with van der Waals surface area (Å²) in [5, 5.41) is 3.77. The second-order valence-electron chi connectivity index (χ2n) is 3.54. The van der Waals surface area contributed by atoms with Gasteiger partial charge in [0, 0.05) is 11.6 Å². The SMILES string of the molecule is CCc1ccccc1Cl.FC1CCNC1. The molecule has 1 aromatic rings. The van der Waals surface area contributed by atoms with Crippen molar-refractivity contribution >= 4 is 11.6 Å². The van der Waals surface area contributed by atoms with Crippen LogP contribution in [-0.4, -0.2) is 19.3 Å². The minimum absolute atomic E-state index is 0.565. The van der Waals surface area contributed by atoms with E-state index in [9.17, 15) is 4.39 Å². The summed E-state index contributed by atoms with van der Waals surface area (Å²) >= 11 is 5.82. The second kappa shape index (κ2) is 6.81. The Morgan fingerprint density at radius 1 is 1.47 bits per heavy atom. The number of nitrogens with one attached hydrogen (secondary N) is 1. The summed E-state index contributed by atoms with van der Waals surface area (Å²) in [5.74, 6) is 0. The first-order valence-electron chi connectivity index (χ1n) is 5.32. The third kappa shape index (κ3) is 4.63. The molecule has 0 aliphatic carbocycles. The van der Waals surface area contributed by atoms with Gasteiger partial charge in [0.1, 0.15) is 6.17 Å². The maximum atomic E-state index is 11.9. The van der Waals surface area contributed by atoms with E-state index in [1.807, 2.05) is 24.3 Å². The fourth-order valence-corrected chi connectivity index (χ4v) is 1.67. The number of benzene rings is 1. The Hall–Kier alpha value is -0.600.